The van der Waals surface area contributed by atoms with Gasteiger partial charge < -0.3 is 30.3 Å². The van der Waals surface area contributed by atoms with Crippen LogP contribution in [0.1, 0.15) is 37.6 Å². The number of hydrogen-bond donors (Lipinski definition) is 3. The number of amides is 2. The Morgan fingerprint density at radius 3 is 2.24 bits per heavy atom. The van der Waals surface area contributed by atoms with E-state index in [0.29, 0.717) is 34.7 Å². The number of aryl methyl sites for hydroxylation is 2. The lowest BCUT2D eigenvalue weighted by Crippen LogP contribution is -2.20. The van der Waals surface area contributed by atoms with Crippen molar-refractivity contribution in [3.8, 4) is 11.5 Å². The molecule has 0 radical (unpaired) electrons. The van der Waals surface area contributed by atoms with E-state index >= 15 is 0 Å². The van der Waals surface area contributed by atoms with Gasteiger partial charge in [-0.1, -0.05) is 18.2 Å². The fourth-order valence-electron chi connectivity index (χ4n) is 4.20. The Hall–Kier alpha value is -4.63. The van der Waals surface area contributed by atoms with Gasteiger partial charge in [0, 0.05) is 17.8 Å². The summed E-state index contributed by atoms with van der Waals surface area (Å²) in [6.45, 7) is 4.21. The number of rotatable bonds is 8. The predicted molar refractivity (Wildman–Crippen MR) is 147 cm³/mol. The SMILES string of the molecule is COc1cc(NC(=O)c2cc(=O)c3cc(C)cc(C)c3o2)c(C(=O)Nc2ccc(CCN)cc2)cc1OC. The molecule has 0 fully saturated rings. The first-order valence-electron chi connectivity index (χ1n) is 12.0. The Balaban J connectivity index is 1.69. The average Bonchev–Trinajstić information content (AvgIpc) is 2.90. The normalized spacial score (nSPS) is 10.8. The van der Waals surface area contributed by atoms with Crippen molar-refractivity contribution in [2.45, 2.75) is 20.3 Å². The van der Waals surface area contributed by atoms with E-state index in [1.807, 2.05) is 25.1 Å². The lowest BCUT2D eigenvalue weighted by molar-refractivity contribution is 0.0997. The van der Waals surface area contributed by atoms with Crippen LogP contribution in [0, 0.1) is 13.8 Å². The largest absolute Gasteiger partial charge is 0.493 e. The third-order valence-corrected chi connectivity index (χ3v) is 6.04. The molecule has 0 aliphatic carbocycles. The molecule has 1 heterocycles. The summed E-state index contributed by atoms with van der Waals surface area (Å²) < 4.78 is 16.5. The second-order valence-electron chi connectivity index (χ2n) is 8.83. The summed E-state index contributed by atoms with van der Waals surface area (Å²) in [7, 11) is 2.89. The van der Waals surface area contributed by atoms with Crippen LogP contribution in [0.15, 0.2) is 63.8 Å². The number of nitrogens with two attached hydrogens (primary N) is 1. The Kier molecular flexibility index (Phi) is 7.78. The topological polar surface area (TPSA) is 133 Å². The monoisotopic (exact) mass is 515 g/mol. The lowest BCUT2D eigenvalue weighted by Gasteiger charge is -2.16. The van der Waals surface area contributed by atoms with Crippen molar-refractivity contribution in [3.05, 3.63) is 92.8 Å². The first kappa shape index (κ1) is 26.4. The molecular formula is C29H29N3O6. The minimum absolute atomic E-state index is 0.122. The number of nitrogens with one attached hydrogen (secondary N) is 2. The average molecular weight is 516 g/mol. The summed E-state index contributed by atoms with van der Waals surface area (Å²) in [6, 6.07) is 15.0. The summed E-state index contributed by atoms with van der Waals surface area (Å²) in [6.07, 6.45) is 0.726. The molecule has 0 spiro atoms. The van der Waals surface area contributed by atoms with Crippen molar-refractivity contribution in [2.75, 3.05) is 31.4 Å². The molecule has 9 heteroatoms. The van der Waals surface area contributed by atoms with Gasteiger partial charge in [-0.2, -0.15) is 0 Å². The molecule has 0 aliphatic heterocycles. The highest BCUT2D eigenvalue weighted by molar-refractivity contribution is 6.12. The third kappa shape index (κ3) is 5.52. The van der Waals surface area contributed by atoms with Gasteiger partial charge in [0.2, 0.25) is 0 Å². The van der Waals surface area contributed by atoms with Crippen LogP contribution in [-0.2, 0) is 6.42 Å². The number of ether oxygens (including phenoxy) is 2. The number of carbonyl (C=O) groups is 2. The van der Waals surface area contributed by atoms with Crippen LogP contribution in [0.5, 0.6) is 11.5 Å². The number of methoxy groups -OCH3 is 2. The van der Waals surface area contributed by atoms with E-state index in [1.54, 1.807) is 25.1 Å². The van der Waals surface area contributed by atoms with Crippen LogP contribution in [0.25, 0.3) is 11.0 Å². The fraction of sp³-hybridized carbons (Fsp3) is 0.207. The van der Waals surface area contributed by atoms with Gasteiger partial charge in [0.15, 0.2) is 22.7 Å². The third-order valence-electron chi connectivity index (χ3n) is 6.04. The van der Waals surface area contributed by atoms with E-state index in [9.17, 15) is 14.4 Å². The summed E-state index contributed by atoms with van der Waals surface area (Å²) in [5.41, 5.74) is 9.12. The number of benzene rings is 3. The van der Waals surface area contributed by atoms with Crippen LogP contribution >= 0.6 is 0 Å². The van der Waals surface area contributed by atoms with E-state index in [-0.39, 0.29) is 22.4 Å². The number of fused-ring (bicyclic) bond motifs is 1. The van der Waals surface area contributed by atoms with E-state index in [2.05, 4.69) is 10.6 Å². The number of carbonyl (C=O) groups excluding carboxylic acids is 2. The van der Waals surface area contributed by atoms with Crippen LogP contribution in [0.2, 0.25) is 0 Å². The van der Waals surface area contributed by atoms with Gasteiger partial charge in [-0.3, -0.25) is 14.4 Å². The van der Waals surface area contributed by atoms with Gasteiger partial charge in [-0.25, -0.2) is 0 Å². The van der Waals surface area contributed by atoms with E-state index in [0.717, 1.165) is 29.2 Å². The number of hydrogen-bond acceptors (Lipinski definition) is 7. The van der Waals surface area contributed by atoms with Crippen molar-refractivity contribution < 1.29 is 23.5 Å². The quantitative estimate of drug-likeness (QED) is 0.316. The van der Waals surface area contributed by atoms with Crippen molar-refractivity contribution in [3.63, 3.8) is 0 Å². The van der Waals surface area contributed by atoms with E-state index in [1.165, 1.54) is 26.4 Å². The van der Waals surface area contributed by atoms with E-state index < -0.39 is 11.8 Å². The molecule has 4 rings (SSSR count). The molecule has 0 unspecified atom stereocenters. The molecule has 9 nitrogen and oxygen atoms in total. The molecule has 38 heavy (non-hydrogen) atoms. The second-order valence-corrected chi connectivity index (χ2v) is 8.83. The smallest absolute Gasteiger partial charge is 0.291 e. The molecule has 0 saturated heterocycles. The Morgan fingerprint density at radius 2 is 1.58 bits per heavy atom. The molecule has 4 aromatic rings. The summed E-state index contributed by atoms with van der Waals surface area (Å²) in [4.78, 5) is 39.2. The van der Waals surface area contributed by atoms with Crippen LogP contribution in [0.3, 0.4) is 0 Å². The van der Waals surface area contributed by atoms with Crippen molar-refractivity contribution in [2.24, 2.45) is 5.73 Å². The van der Waals surface area contributed by atoms with Crippen LogP contribution in [-0.4, -0.2) is 32.6 Å². The minimum Gasteiger partial charge on any atom is -0.493 e. The molecule has 1 aromatic heterocycles. The maximum Gasteiger partial charge on any atom is 0.291 e. The van der Waals surface area contributed by atoms with Crippen LogP contribution in [0.4, 0.5) is 11.4 Å². The molecule has 4 N–H and O–H groups in total. The highest BCUT2D eigenvalue weighted by Crippen LogP contribution is 2.34. The highest BCUT2D eigenvalue weighted by Gasteiger charge is 2.21. The zero-order chi connectivity index (χ0) is 27.4. The summed E-state index contributed by atoms with van der Waals surface area (Å²) in [5, 5.41) is 5.90. The molecule has 0 bridgehead atoms. The van der Waals surface area contributed by atoms with Crippen LogP contribution < -0.4 is 31.3 Å². The van der Waals surface area contributed by atoms with Gasteiger partial charge in [0.1, 0.15) is 5.58 Å². The fourth-order valence-corrected chi connectivity index (χ4v) is 4.20. The molecule has 0 aliphatic rings. The lowest BCUT2D eigenvalue weighted by atomic mass is 10.1. The predicted octanol–water partition coefficient (Wildman–Crippen LogP) is 4.43. The van der Waals surface area contributed by atoms with Gasteiger partial charge in [-0.05, 0) is 67.8 Å². The first-order chi connectivity index (χ1) is 18.2. The van der Waals surface area contributed by atoms with Gasteiger partial charge in [0.25, 0.3) is 11.8 Å². The summed E-state index contributed by atoms with van der Waals surface area (Å²) in [5.74, 6) is -0.768. The second kappa shape index (κ2) is 11.2. The molecule has 3 aromatic carbocycles. The first-order valence-corrected chi connectivity index (χ1v) is 12.0. The number of anilines is 2. The molecule has 196 valence electrons. The Bertz CT molecular complexity index is 1570. The molecule has 2 amide bonds. The van der Waals surface area contributed by atoms with Gasteiger partial charge in [0.05, 0.1) is 30.9 Å². The van der Waals surface area contributed by atoms with Gasteiger partial charge in [-0.15, -0.1) is 0 Å². The maximum absolute atomic E-state index is 13.3. The minimum atomic E-state index is -0.698. The molecular weight excluding hydrogens is 486 g/mol. The van der Waals surface area contributed by atoms with Crippen molar-refractivity contribution in [1.29, 1.82) is 0 Å². The van der Waals surface area contributed by atoms with Crippen molar-refractivity contribution in [1.82, 2.24) is 0 Å². The Morgan fingerprint density at radius 1 is 0.895 bits per heavy atom. The van der Waals surface area contributed by atoms with Gasteiger partial charge >= 0.3 is 0 Å². The van der Waals surface area contributed by atoms with Crippen molar-refractivity contribution >= 4 is 34.2 Å². The zero-order valence-corrected chi connectivity index (χ0v) is 21.6. The maximum atomic E-state index is 13.3. The Labute approximate surface area is 219 Å². The standard InChI is InChI=1S/C29H29N3O6/c1-16-11-17(2)27-21(12-16)23(33)15-26(38-27)29(35)32-22-14-25(37-4)24(36-3)13-20(22)28(34)31-19-7-5-18(6-8-19)9-10-30/h5-8,11-15H,9-10,30H2,1-4H3,(H,31,34)(H,32,35). The summed E-state index contributed by atoms with van der Waals surface area (Å²) >= 11 is 0. The molecule has 0 saturated carbocycles. The van der Waals surface area contributed by atoms with E-state index in [4.69, 9.17) is 19.6 Å². The zero-order valence-electron chi connectivity index (χ0n) is 21.6. The molecule has 0 atom stereocenters. The highest BCUT2D eigenvalue weighted by atomic mass is 16.5.